The summed E-state index contributed by atoms with van der Waals surface area (Å²) in [5, 5.41) is 7.43. The first kappa shape index (κ1) is 21.1. The first-order chi connectivity index (χ1) is 15.4. The number of aromatic nitrogens is 2. The monoisotopic (exact) mass is 454 g/mol. The van der Waals surface area contributed by atoms with E-state index in [1.54, 1.807) is 36.4 Å². The lowest BCUT2D eigenvalue weighted by molar-refractivity contribution is -0.256. The second-order valence-electron chi connectivity index (χ2n) is 6.57. The van der Waals surface area contributed by atoms with E-state index in [1.165, 1.54) is 6.20 Å². The number of rotatable bonds is 4. The van der Waals surface area contributed by atoms with Gasteiger partial charge in [0.25, 0.3) is 0 Å². The Bertz CT molecular complexity index is 1230. The molecule has 1 aliphatic heterocycles. The van der Waals surface area contributed by atoms with Crippen LogP contribution >= 0.6 is 11.6 Å². The number of H-pyrrole nitrogens is 1. The summed E-state index contributed by atoms with van der Waals surface area (Å²) in [6.45, 7) is 0.425. The number of esters is 1. The molecule has 1 aliphatic rings. The van der Waals surface area contributed by atoms with Crippen molar-refractivity contribution in [1.29, 1.82) is 0 Å². The van der Waals surface area contributed by atoms with Gasteiger partial charge in [0.15, 0.2) is 12.4 Å². The SMILES string of the molecule is CC(=O)OCC(=O)OOC(=O)C(=C1Oc2ccccc2-c2[nH]ncc21)c1ccc(Cl)cc1. The second kappa shape index (κ2) is 8.94. The van der Waals surface area contributed by atoms with Crippen molar-refractivity contribution >= 4 is 40.8 Å². The quantitative estimate of drug-likeness (QED) is 0.275. The number of hydrogen-bond donors (Lipinski definition) is 1. The number of nitrogens with zero attached hydrogens (tertiary/aromatic N) is 1. The lowest BCUT2D eigenvalue weighted by Gasteiger charge is -2.21. The van der Waals surface area contributed by atoms with Crippen LogP contribution in [0.5, 0.6) is 5.75 Å². The van der Waals surface area contributed by atoms with Gasteiger partial charge in [-0.05, 0) is 29.8 Å². The molecule has 0 unspecified atom stereocenters. The van der Waals surface area contributed by atoms with Gasteiger partial charge in [-0.1, -0.05) is 35.9 Å². The Labute approximate surface area is 186 Å². The van der Waals surface area contributed by atoms with Crippen LogP contribution in [0.15, 0.2) is 54.7 Å². The Morgan fingerprint density at radius 1 is 1.03 bits per heavy atom. The summed E-state index contributed by atoms with van der Waals surface area (Å²) in [6, 6.07) is 13.6. The summed E-state index contributed by atoms with van der Waals surface area (Å²) >= 11 is 5.99. The van der Waals surface area contributed by atoms with E-state index >= 15 is 0 Å². The molecule has 162 valence electrons. The summed E-state index contributed by atoms with van der Waals surface area (Å²) in [5.74, 6) is -2.11. The highest BCUT2D eigenvalue weighted by Gasteiger charge is 2.31. The molecule has 2 aromatic carbocycles. The Balaban J connectivity index is 1.73. The number of para-hydroxylation sites is 1. The molecule has 10 heteroatoms. The molecule has 0 fully saturated rings. The van der Waals surface area contributed by atoms with Gasteiger partial charge < -0.3 is 9.47 Å². The maximum Gasteiger partial charge on any atom is 0.392 e. The lowest BCUT2D eigenvalue weighted by atomic mass is 9.97. The number of nitrogens with one attached hydrogen (secondary N) is 1. The molecule has 4 rings (SSSR count). The molecule has 0 bridgehead atoms. The molecule has 0 amide bonds. The molecule has 0 saturated heterocycles. The van der Waals surface area contributed by atoms with Gasteiger partial charge in [0.2, 0.25) is 0 Å². The number of carbonyl (C=O) groups is 3. The fourth-order valence-electron chi connectivity index (χ4n) is 3.05. The first-order valence-electron chi connectivity index (χ1n) is 9.30. The van der Waals surface area contributed by atoms with Gasteiger partial charge >= 0.3 is 17.9 Å². The molecule has 0 aliphatic carbocycles. The molecule has 0 radical (unpaired) electrons. The molecule has 2 heterocycles. The van der Waals surface area contributed by atoms with E-state index in [9.17, 15) is 14.4 Å². The van der Waals surface area contributed by atoms with Crippen LogP contribution in [0.3, 0.4) is 0 Å². The van der Waals surface area contributed by atoms with Gasteiger partial charge in [-0.25, -0.2) is 19.4 Å². The van der Waals surface area contributed by atoms with Crippen molar-refractivity contribution in [3.63, 3.8) is 0 Å². The van der Waals surface area contributed by atoms with Crippen LogP contribution in [-0.4, -0.2) is 34.7 Å². The van der Waals surface area contributed by atoms with Crippen LogP contribution in [0.25, 0.3) is 22.6 Å². The fraction of sp³-hybridized carbons (Fsp3) is 0.0909. The summed E-state index contributed by atoms with van der Waals surface area (Å²) in [4.78, 5) is 44.8. The predicted molar refractivity (Wildman–Crippen MR) is 112 cm³/mol. The van der Waals surface area contributed by atoms with Crippen LogP contribution in [0.1, 0.15) is 18.1 Å². The maximum atomic E-state index is 13.0. The van der Waals surface area contributed by atoms with Crippen LogP contribution in [0.4, 0.5) is 0 Å². The van der Waals surface area contributed by atoms with Gasteiger partial charge in [0.05, 0.1) is 17.5 Å². The number of hydrogen-bond acceptors (Lipinski definition) is 8. The molecule has 32 heavy (non-hydrogen) atoms. The number of halogens is 1. The highest BCUT2D eigenvalue weighted by atomic mass is 35.5. The van der Waals surface area contributed by atoms with Crippen molar-refractivity contribution < 1.29 is 33.6 Å². The normalized spacial score (nSPS) is 13.2. The van der Waals surface area contributed by atoms with Gasteiger partial charge in [-0.15, -0.1) is 0 Å². The average Bonchev–Trinajstić information content (AvgIpc) is 3.28. The number of ether oxygens (including phenoxy) is 2. The smallest absolute Gasteiger partial charge is 0.392 e. The zero-order valence-corrected chi connectivity index (χ0v) is 17.3. The number of aromatic amines is 1. The van der Waals surface area contributed by atoms with Gasteiger partial charge in [0.1, 0.15) is 11.3 Å². The first-order valence-corrected chi connectivity index (χ1v) is 9.68. The Morgan fingerprint density at radius 2 is 1.78 bits per heavy atom. The van der Waals surface area contributed by atoms with Gasteiger partial charge in [-0.2, -0.15) is 5.10 Å². The van der Waals surface area contributed by atoms with Crippen molar-refractivity contribution in [2.75, 3.05) is 6.61 Å². The Morgan fingerprint density at radius 3 is 2.53 bits per heavy atom. The van der Waals surface area contributed by atoms with E-state index in [-0.39, 0.29) is 11.3 Å². The lowest BCUT2D eigenvalue weighted by Crippen LogP contribution is -2.19. The predicted octanol–water partition coefficient (Wildman–Crippen LogP) is 3.56. The van der Waals surface area contributed by atoms with Gasteiger partial charge in [0, 0.05) is 17.5 Å². The molecule has 1 aromatic heterocycles. The standard InChI is InChI=1S/C22H15ClN2O7/c1-12(26)29-11-18(27)31-32-22(28)19(13-6-8-14(23)9-7-13)21-16-10-24-25-20(16)15-4-2-3-5-17(15)30-21/h2-10H,11H2,1H3,(H,24,25). The van der Waals surface area contributed by atoms with Crippen LogP contribution in [0.2, 0.25) is 5.02 Å². The largest absolute Gasteiger partial charge is 0.455 e. The van der Waals surface area contributed by atoms with E-state index in [1.807, 2.05) is 12.1 Å². The van der Waals surface area contributed by atoms with Crippen molar-refractivity contribution in [3.8, 4) is 17.0 Å². The number of fused-ring (bicyclic) bond motifs is 3. The summed E-state index contributed by atoms with van der Waals surface area (Å²) < 4.78 is 10.6. The molecular formula is C22H15ClN2O7. The topological polar surface area (TPSA) is 117 Å². The maximum absolute atomic E-state index is 13.0. The third kappa shape index (κ3) is 4.33. The molecule has 1 N–H and O–H groups in total. The van der Waals surface area contributed by atoms with E-state index in [2.05, 4.69) is 19.8 Å². The van der Waals surface area contributed by atoms with E-state index in [0.717, 1.165) is 12.5 Å². The summed E-state index contributed by atoms with van der Waals surface area (Å²) in [7, 11) is 0. The molecule has 0 spiro atoms. The third-order valence-electron chi connectivity index (χ3n) is 4.42. The van der Waals surface area contributed by atoms with E-state index in [4.69, 9.17) is 21.2 Å². The van der Waals surface area contributed by atoms with Crippen molar-refractivity contribution in [2.45, 2.75) is 6.92 Å². The van der Waals surface area contributed by atoms with Crippen molar-refractivity contribution in [2.24, 2.45) is 0 Å². The summed E-state index contributed by atoms with van der Waals surface area (Å²) in [6.07, 6.45) is 1.51. The fourth-order valence-corrected chi connectivity index (χ4v) is 3.17. The molecule has 0 saturated carbocycles. The number of benzene rings is 2. The highest BCUT2D eigenvalue weighted by Crippen LogP contribution is 2.43. The van der Waals surface area contributed by atoms with Crippen molar-refractivity contribution in [3.05, 3.63) is 70.9 Å². The highest BCUT2D eigenvalue weighted by molar-refractivity contribution is 6.31. The molecule has 0 atom stereocenters. The van der Waals surface area contributed by atoms with Crippen molar-refractivity contribution in [1.82, 2.24) is 10.2 Å². The zero-order valence-electron chi connectivity index (χ0n) is 16.6. The molecule has 3 aromatic rings. The summed E-state index contributed by atoms with van der Waals surface area (Å²) in [5.41, 5.74) is 2.29. The van der Waals surface area contributed by atoms with Gasteiger partial charge in [-0.3, -0.25) is 9.89 Å². The number of carbonyl (C=O) groups excluding carboxylic acids is 3. The molecule has 9 nitrogen and oxygen atoms in total. The van der Waals surface area contributed by atoms with Crippen LogP contribution in [-0.2, 0) is 28.9 Å². The van der Waals surface area contributed by atoms with Crippen LogP contribution < -0.4 is 4.74 Å². The minimum atomic E-state index is -1.06. The minimum absolute atomic E-state index is 0.0286. The Kier molecular flexibility index (Phi) is 5.91. The average molecular weight is 455 g/mol. The minimum Gasteiger partial charge on any atom is -0.455 e. The van der Waals surface area contributed by atoms with E-state index in [0.29, 0.717) is 27.6 Å². The van der Waals surface area contributed by atoms with Crippen LogP contribution in [0, 0.1) is 0 Å². The molecular weight excluding hydrogens is 440 g/mol. The Hall–Kier alpha value is -4.11. The second-order valence-corrected chi connectivity index (χ2v) is 7.01. The zero-order chi connectivity index (χ0) is 22.7. The third-order valence-corrected chi connectivity index (χ3v) is 4.67. The van der Waals surface area contributed by atoms with E-state index < -0.39 is 24.5 Å².